The topological polar surface area (TPSA) is 79.5 Å². The van der Waals surface area contributed by atoms with E-state index in [2.05, 4.69) is 16.8 Å². The quantitative estimate of drug-likeness (QED) is 0.854. The first-order valence-electron chi connectivity index (χ1n) is 6.39. The van der Waals surface area contributed by atoms with Crippen molar-refractivity contribution >= 4 is 17.5 Å². The fourth-order valence-corrected chi connectivity index (χ4v) is 2.63. The van der Waals surface area contributed by atoms with Gasteiger partial charge in [0.2, 0.25) is 0 Å². The number of carboxylic acids is 1. The molecule has 0 unspecified atom stereocenters. The van der Waals surface area contributed by atoms with Gasteiger partial charge in [-0.2, -0.15) is 0 Å². The maximum absolute atomic E-state index is 10.9. The molecule has 0 amide bonds. The van der Waals surface area contributed by atoms with E-state index in [0.29, 0.717) is 11.7 Å². The molecule has 1 heterocycles. The number of carboxylic acid groups (broad SMARTS) is 1. The number of pyridine rings is 1. The van der Waals surface area contributed by atoms with Crippen LogP contribution in [0, 0.1) is 0 Å². The zero-order valence-corrected chi connectivity index (χ0v) is 10.6. The Hall–Kier alpha value is -1.78. The van der Waals surface area contributed by atoms with Crippen molar-refractivity contribution in [3.8, 4) is 0 Å². The SMILES string of the molecule is CCN(c1ncc(C(=O)O)cc1N)C1CCCC1. The lowest BCUT2D eigenvalue weighted by atomic mass is 10.2. The van der Waals surface area contributed by atoms with Gasteiger partial charge in [0, 0.05) is 18.8 Å². The molecule has 1 fully saturated rings. The molecule has 0 radical (unpaired) electrons. The molecule has 0 aliphatic heterocycles. The summed E-state index contributed by atoms with van der Waals surface area (Å²) in [6.45, 7) is 2.92. The van der Waals surface area contributed by atoms with Gasteiger partial charge in [0.05, 0.1) is 11.3 Å². The summed E-state index contributed by atoms with van der Waals surface area (Å²) in [5.41, 5.74) is 6.52. The summed E-state index contributed by atoms with van der Waals surface area (Å²) >= 11 is 0. The summed E-state index contributed by atoms with van der Waals surface area (Å²) in [5.74, 6) is -0.279. The van der Waals surface area contributed by atoms with Crippen molar-refractivity contribution in [3.63, 3.8) is 0 Å². The van der Waals surface area contributed by atoms with E-state index >= 15 is 0 Å². The maximum Gasteiger partial charge on any atom is 0.337 e. The number of hydrogen-bond acceptors (Lipinski definition) is 4. The second-order valence-corrected chi connectivity index (χ2v) is 4.67. The van der Waals surface area contributed by atoms with Crippen LogP contribution >= 0.6 is 0 Å². The molecule has 1 aliphatic carbocycles. The van der Waals surface area contributed by atoms with E-state index in [4.69, 9.17) is 10.8 Å². The lowest BCUT2D eigenvalue weighted by Gasteiger charge is -2.29. The number of hydrogen-bond donors (Lipinski definition) is 2. The zero-order chi connectivity index (χ0) is 13.1. The van der Waals surface area contributed by atoms with Crippen LogP contribution in [0.25, 0.3) is 0 Å². The molecule has 0 bridgehead atoms. The van der Waals surface area contributed by atoms with Gasteiger partial charge in [-0.05, 0) is 25.8 Å². The molecule has 1 aromatic rings. The van der Waals surface area contributed by atoms with Crippen molar-refractivity contribution in [2.75, 3.05) is 17.2 Å². The molecular weight excluding hydrogens is 230 g/mol. The van der Waals surface area contributed by atoms with Crippen LogP contribution in [-0.2, 0) is 0 Å². The highest BCUT2D eigenvalue weighted by atomic mass is 16.4. The van der Waals surface area contributed by atoms with E-state index < -0.39 is 5.97 Å². The number of anilines is 2. The van der Waals surface area contributed by atoms with E-state index in [-0.39, 0.29) is 5.56 Å². The van der Waals surface area contributed by atoms with Crippen LogP contribution in [0.5, 0.6) is 0 Å². The van der Waals surface area contributed by atoms with Gasteiger partial charge in [0.15, 0.2) is 5.82 Å². The molecule has 0 atom stereocenters. The highest BCUT2D eigenvalue weighted by Crippen LogP contribution is 2.30. The molecule has 1 aliphatic rings. The molecule has 0 saturated heterocycles. The van der Waals surface area contributed by atoms with Crippen LogP contribution in [0.1, 0.15) is 43.0 Å². The Balaban J connectivity index is 2.27. The number of rotatable bonds is 4. The Morgan fingerprint density at radius 2 is 2.22 bits per heavy atom. The van der Waals surface area contributed by atoms with Crippen molar-refractivity contribution in [1.29, 1.82) is 0 Å². The summed E-state index contributed by atoms with van der Waals surface area (Å²) in [7, 11) is 0. The molecule has 1 saturated carbocycles. The lowest BCUT2D eigenvalue weighted by molar-refractivity contribution is 0.0696. The molecule has 5 heteroatoms. The Morgan fingerprint density at radius 1 is 1.56 bits per heavy atom. The van der Waals surface area contributed by atoms with Gasteiger partial charge in [0.25, 0.3) is 0 Å². The Kier molecular flexibility index (Phi) is 3.69. The summed E-state index contributed by atoms with van der Waals surface area (Å²) in [6, 6.07) is 1.97. The highest BCUT2D eigenvalue weighted by Gasteiger charge is 2.24. The van der Waals surface area contributed by atoms with Crippen molar-refractivity contribution in [2.45, 2.75) is 38.6 Å². The number of aromatic carboxylic acids is 1. The molecule has 18 heavy (non-hydrogen) atoms. The van der Waals surface area contributed by atoms with Crippen LogP contribution in [0.4, 0.5) is 11.5 Å². The van der Waals surface area contributed by atoms with E-state index in [0.717, 1.165) is 25.2 Å². The van der Waals surface area contributed by atoms with Crippen molar-refractivity contribution in [3.05, 3.63) is 17.8 Å². The number of nitrogen functional groups attached to an aromatic ring is 1. The predicted molar refractivity (Wildman–Crippen MR) is 70.9 cm³/mol. The van der Waals surface area contributed by atoms with E-state index in [9.17, 15) is 4.79 Å². The fraction of sp³-hybridized carbons (Fsp3) is 0.538. The van der Waals surface area contributed by atoms with Gasteiger partial charge in [-0.25, -0.2) is 9.78 Å². The van der Waals surface area contributed by atoms with E-state index in [1.165, 1.54) is 25.1 Å². The van der Waals surface area contributed by atoms with Gasteiger partial charge in [-0.15, -0.1) is 0 Å². The molecule has 0 spiro atoms. The summed E-state index contributed by atoms with van der Waals surface area (Å²) in [4.78, 5) is 17.3. The maximum atomic E-state index is 10.9. The lowest BCUT2D eigenvalue weighted by Crippen LogP contribution is -2.34. The molecule has 5 nitrogen and oxygen atoms in total. The monoisotopic (exact) mass is 249 g/mol. The third-order valence-electron chi connectivity index (χ3n) is 3.52. The number of aromatic nitrogens is 1. The minimum absolute atomic E-state index is 0.138. The van der Waals surface area contributed by atoms with Gasteiger partial charge >= 0.3 is 5.97 Å². The van der Waals surface area contributed by atoms with Crippen LogP contribution in [-0.4, -0.2) is 28.6 Å². The third kappa shape index (κ3) is 2.39. The van der Waals surface area contributed by atoms with Gasteiger partial charge in [0.1, 0.15) is 0 Å². The van der Waals surface area contributed by atoms with Crippen molar-refractivity contribution in [2.24, 2.45) is 0 Å². The van der Waals surface area contributed by atoms with E-state index in [1.807, 2.05) is 0 Å². The molecule has 98 valence electrons. The van der Waals surface area contributed by atoms with Crippen LogP contribution in [0.3, 0.4) is 0 Å². The smallest absolute Gasteiger partial charge is 0.337 e. The second kappa shape index (κ2) is 5.25. The first-order chi connectivity index (χ1) is 8.63. The second-order valence-electron chi connectivity index (χ2n) is 4.67. The largest absolute Gasteiger partial charge is 0.478 e. The first-order valence-corrected chi connectivity index (χ1v) is 6.39. The summed E-state index contributed by atoms with van der Waals surface area (Å²) in [5, 5.41) is 8.90. The zero-order valence-electron chi connectivity index (χ0n) is 10.6. The van der Waals surface area contributed by atoms with Crippen LogP contribution in [0.15, 0.2) is 12.3 Å². The minimum Gasteiger partial charge on any atom is -0.478 e. The molecule has 0 aromatic carbocycles. The number of nitrogens with two attached hydrogens (primary N) is 1. The van der Waals surface area contributed by atoms with Crippen molar-refractivity contribution < 1.29 is 9.90 Å². The summed E-state index contributed by atoms with van der Waals surface area (Å²) in [6.07, 6.45) is 6.19. The third-order valence-corrected chi connectivity index (χ3v) is 3.52. The Labute approximate surface area is 107 Å². The average molecular weight is 249 g/mol. The minimum atomic E-state index is -0.996. The Bertz CT molecular complexity index is 442. The fourth-order valence-electron chi connectivity index (χ4n) is 2.63. The number of carbonyl (C=O) groups is 1. The normalized spacial score (nSPS) is 15.8. The van der Waals surface area contributed by atoms with Crippen LogP contribution in [0.2, 0.25) is 0 Å². The predicted octanol–water partition coefficient (Wildman–Crippen LogP) is 2.13. The standard InChI is InChI=1S/C13H19N3O2/c1-2-16(10-5-3-4-6-10)12-11(14)7-9(8-15-12)13(17)18/h7-8,10H,2-6,14H2,1H3,(H,17,18). The number of nitrogens with zero attached hydrogens (tertiary/aromatic N) is 2. The van der Waals surface area contributed by atoms with Gasteiger partial charge in [-0.1, -0.05) is 12.8 Å². The molecule has 1 aromatic heterocycles. The average Bonchev–Trinajstić information content (AvgIpc) is 2.85. The Morgan fingerprint density at radius 3 is 2.72 bits per heavy atom. The summed E-state index contributed by atoms with van der Waals surface area (Å²) < 4.78 is 0. The first kappa shape index (κ1) is 12.7. The van der Waals surface area contributed by atoms with Gasteiger partial charge < -0.3 is 15.7 Å². The van der Waals surface area contributed by atoms with Crippen LogP contribution < -0.4 is 10.6 Å². The highest BCUT2D eigenvalue weighted by molar-refractivity contribution is 5.89. The molecule has 2 rings (SSSR count). The van der Waals surface area contributed by atoms with Gasteiger partial charge in [-0.3, -0.25) is 0 Å². The molecule has 3 N–H and O–H groups in total. The molecular formula is C13H19N3O2. The van der Waals surface area contributed by atoms with E-state index in [1.54, 1.807) is 0 Å². The van der Waals surface area contributed by atoms with Crippen molar-refractivity contribution in [1.82, 2.24) is 4.98 Å².